The second kappa shape index (κ2) is 5.76. The Morgan fingerprint density at radius 3 is 1.86 bits per heavy atom. The second-order valence-corrected chi connectivity index (χ2v) is 6.21. The lowest BCUT2D eigenvalue weighted by Gasteiger charge is -2.43. The van der Waals surface area contributed by atoms with Gasteiger partial charge in [0.1, 0.15) is 17.1 Å². The smallest absolute Gasteiger partial charge is 0.137 e. The molecular weight excluding hydrogens is 282 g/mol. The zero-order valence-corrected chi connectivity index (χ0v) is 13.1. The number of para-hydroxylation sites is 1. The highest BCUT2D eigenvalue weighted by molar-refractivity contribution is 6.72. The highest BCUT2D eigenvalue weighted by atomic mass is 16.4. The molecule has 0 saturated carbocycles. The fourth-order valence-electron chi connectivity index (χ4n) is 2.69. The Morgan fingerprint density at radius 2 is 1.41 bits per heavy atom. The van der Waals surface area contributed by atoms with Gasteiger partial charge in [0, 0.05) is 0 Å². The molecule has 1 aliphatic heterocycles. The summed E-state index contributed by atoms with van der Waals surface area (Å²) in [6.07, 6.45) is 0. The van der Waals surface area contributed by atoms with E-state index in [-0.39, 0.29) is 0 Å². The van der Waals surface area contributed by atoms with Crippen molar-refractivity contribution in [3.8, 4) is 0 Å². The molecule has 1 aromatic rings. The molecule has 0 bridgehead atoms. The second-order valence-electron chi connectivity index (χ2n) is 6.21. The molecule has 0 aliphatic carbocycles. The number of hydrogen-bond acceptors (Lipinski definition) is 7. The molecular formula is C15H21N5O2. The molecule has 0 atom stereocenters. The number of nitrogens with zero attached hydrogens (tertiary/aromatic N) is 3. The number of piperidine rings is 1. The van der Waals surface area contributed by atoms with E-state index < -0.39 is 11.1 Å². The minimum absolute atomic E-state index is 0.294. The van der Waals surface area contributed by atoms with Crippen LogP contribution in [0.25, 0.3) is 0 Å². The van der Waals surface area contributed by atoms with Gasteiger partial charge in [0.15, 0.2) is 0 Å². The maximum atomic E-state index is 9.38. The van der Waals surface area contributed by atoms with Crippen molar-refractivity contribution in [2.24, 2.45) is 15.4 Å². The zero-order chi connectivity index (χ0) is 16.4. The summed E-state index contributed by atoms with van der Waals surface area (Å²) in [5, 5.41) is 33.0. The van der Waals surface area contributed by atoms with Crippen LogP contribution in [0, 0.1) is 0 Å². The first-order valence-corrected chi connectivity index (χ1v) is 6.96. The van der Waals surface area contributed by atoms with Crippen molar-refractivity contribution in [1.29, 1.82) is 0 Å². The van der Waals surface area contributed by atoms with Gasteiger partial charge >= 0.3 is 0 Å². The van der Waals surface area contributed by atoms with E-state index >= 15 is 0 Å². The lowest BCUT2D eigenvalue weighted by Crippen LogP contribution is -2.69. The van der Waals surface area contributed by atoms with Gasteiger partial charge in [0.2, 0.25) is 0 Å². The largest absolute Gasteiger partial charge is 0.411 e. The molecule has 0 spiro atoms. The average Bonchev–Trinajstić information content (AvgIpc) is 2.44. The molecule has 1 heterocycles. The molecule has 1 fully saturated rings. The van der Waals surface area contributed by atoms with Crippen molar-refractivity contribution in [1.82, 2.24) is 5.32 Å². The summed E-state index contributed by atoms with van der Waals surface area (Å²) in [4.78, 5) is 0. The Balaban J connectivity index is 2.47. The van der Waals surface area contributed by atoms with Crippen molar-refractivity contribution in [2.75, 3.05) is 5.43 Å². The van der Waals surface area contributed by atoms with Crippen LogP contribution in [-0.2, 0) is 0 Å². The average molecular weight is 303 g/mol. The summed E-state index contributed by atoms with van der Waals surface area (Å²) >= 11 is 0. The van der Waals surface area contributed by atoms with E-state index in [1.807, 2.05) is 58.0 Å². The number of hydrogen-bond donors (Lipinski definition) is 4. The van der Waals surface area contributed by atoms with Crippen molar-refractivity contribution in [3.63, 3.8) is 0 Å². The molecule has 1 saturated heterocycles. The summed E-state index contributed by atoms with van der Waals surface area (Å²) in [5.41, 5.74) is 3.30. The van der Waals surface area contributed by atoms with Gasteiger partial charge in [-0.1, -0.05) is 28.5 Å². The molecule has 7 heteroatoms. The molecule has 4 N–H and O–H groups in total. The molecule has 0 amide bonds. The van der Waals surface area contributed by atoms with E-state index in [2.05, 4.69) is 26.2 Å². The quantitative estimate of drug-likeness (QED) is 0.497. The lowest BCUT2D eigenvalue weighted by atomic mass is 9.78. The third-order valence-corrected chi connectivity index (χ3v) is 3.53. The highest BCUT2D eigenvalue weighted by Gasteiger charge is 2.47. The summed E-state index contributed by atoms with van der Waals surface area (Å²) in [5.74, 6) is 0. The van der Waals surface area contributed by atoms with Crippen LogP contribution in [0.4, 0.5) is 5.69 Å². The van der Waals surface area contributed by atoms with Crippen molar-refractivity contribution < 1.29 is 10.4 Å². The Morgan fingerprint density at radius 1 is 0.909 bits per heavy atom. The van der Waals surface area contributed by atoms with Gasteiger partial charge in [0.05, 0.1) is 16.8 Å². The number of hydrazone groups is 1. The minimum Gasteiger partial charge on any atom is -0.411 e. The number of rotatable bonds is 2. The Hall–Kier alpha value is -2.41. The number of benzene rings is 1. The van der Waals surface area contributed by atoms with Gasteiger partial charge in [-0.15, -0.1) is 0 Å². The zero-order valence-electron chi connectivity index (χ0n) is 13.1. The summed E-state index contributed by atoms with van der Waals surface area (Å²) in [6.45, 7) is 7.48. The molecule has 118 valence electrons. The van der Waals surface area contributed by atoms with Crippen molar-refractivity contribution in [2.45, 2.75) is 38.8 Å². The van der Waals surface area contributed by atoms with E-state index in [0.29, 0.717) is 17.1 Å². The van der Waals surface area contributed by atoms with Gasteiger partial charge < -0.3 is 10.4 Å². The van der Waals surface area contributed by atoms with E-state index in [4.69, 9.17) is 0 Å². The van der Waals surface area contributed by atoms with Crippen LogP contribution in [0.15, 0.2) is 45.7 Å². The minimum atomic E-state index is -0.635. The fraction of sp³-hybridized carbons (Fsp3) is 0.400. The Labute approximate surface area is 129 Å². The van der Waals surface area contributed by atoms with E-state index in [0.717, 1.165) is 5.69 Å². The summed E-state index contributed by atoms with van der Waals surface area (Å²) in [7, 11) is 0. The lowest BCUT2D eigenvalue weighted by molar-refractivity contribution is 0.297. The topological polar surface area (TPSA) is 102 Å². The maximum Gasteiger partial charge on any atom is 0.137 e. The molecule has 2 rings (SSSR count). The standard InChI is InChI=1S/C15H21N5O2/c1-14(2)12(18-21)11(13(19-22)15(3,4)20-14)17-16-10-8-6-5-7-9-10/h5-9,16,20-22H,1-4H3/b18-12-,19-13-. The molecule has 1 aromatic carbocycles. The Kier molecular flexibility index (Phi) is 4.18. The third-order valence-electron chi connectivity index (χ3n) is 3.53. The van der Waals surface area contributed by atoms with Gasteiger partial charge in [-0.25, -0.2) is 0 Å². The molecule has 0 unspecified atom stereocenters. The van der Waals surface area contributed by atoms with Crippen molar-refractivity contribution >= 4 is 22.8 Å². The van der Waals surface area contributed by atoms with Crippen LogP contribution in [0.3, 0.4) is 0 Å². The highest BCUT2D eigenvalue weighted by Crippen LogP contribution is 2.24. The Bertz CT molecular complexity index is 601. The predicted octanol–water partition coefficient (Wildman–Crippen LogP) is 2.28. The van der Waals surface area contributed by atoms with Gasteiger partial charge in [-0.2, -0.15) is 5.10 Å². The van der Waals surface area contributed by atoms with E-state index in [1.165, 1.54) is 0 Å². The summed E-state index contributed by atoms with van der Waals surface area (Å²) in [6, 6.07) is 9.36. The van der Waals surface area contributed by atoms with Gasteiger partial charge in [-0.3, -0.25) is 10.7 Å². The molecule has 0 radical (unpaired) electrons. The molecule has 22 heavy (non-hydrogen) atoms. The van der Waals surface area contributed by atoms with Crippen molar-refractivity contribution in [3.05, 3.63) is 30.3 Å². The van der Waals surface area contributed by atoms with Crippen LogP contribution >= 0.6 is 0 Å². The third kappa shape index (κ3) is 2.94. The SMILES string of the molecule is CC1(C)NC(C)(C)/C(=N\O)C(=NNc2ccccc2)/C1=N/O. The normalized spacial score (nSPS) is 23.5. The van der Waals surface area contributed by atoms with Crippen LogP contribution in [-0.4, -0.2) is 38.6 Å². The van der Waals surface area contributed by atoms with Crippen LogP contribution < -0.4 is 10.7 Å². The monoisotopic (exact) mass is 303 g/mol. The molecule has 1 aliphatic rings. The number of oxime groups is 2. The van der Waals surface area contributed by atoms with E-state index in [9.17, 15) is 10.4 Å². The van der Waals surface area contributed by atoms with E-state index in [1.54, 1.807) is 0 Å². The fourth-order valence-corrected chi connectivity index (χ4v) is 2.69. The first-order chi connectivity index (χ1) is 10.3. The maximum absolute atomic E-state index is 9.38. The molecule has 7 nitrogen and oxygen atoms in total. The first kappa shape index (κ1) is 16.0. The van der Waals surface area contributed by atoms with Crippen LogP contribution in [0.5, 0.6) is 0 Å². The van der Waals surface area contributed by atoms with Crippen LogP contribution in [0.2, 0.25) is 0 Å². The van der Waals surface area contributed by atoms with Crippen LogP contribution in [0.1, 0.15) is 27.7 Å². The number of nitrogens with one attached hydrogen (secondary N) is 2. The number of anilines is 1. The predicted molar refractivity (Wildman–Crippen MR) is 87.2 cm³/mol. The van der Waals surface area contributed by atoms with Gasteiger partial charge in [-0.05, 0) is 39.8 Å². The summed E-state index contributed by atoms with van der Waals surface area (Å²) < 4.78 is 0. The van der Waals surface area contributed by atoms with Gasteiger partial charge in [0.25, 0.3) is 0 Å². The first-order valence-electron chi connectivity index (χ1n) is 6.96. The molecule has 0 aromatic heterocycles.